The van der Waals surface area contributed by atoms with Crippen molar-refractivity contribution in [1.82, 2.24) is 0 Å². The molecule has 3 aliphatic rings. The zero-order chi connectivity index (χ0) is 24.3. The third-order valence-electron chi connectivity index (χ3n) is 9.51. The van der Waals surface area contributed by atoms with Gasteiger partial charge in [-0.3, -0.25) is 0 Å². The maximum atomic E-state index is 15.4. The number of hydrogen-bond acceptors (Lipinski definition) is 0. The Bertz CT molecular complexity index is 815. The minimum Gasteiger partial charge on any atom is -0.207 e. The van der Waals surface area contributed by atoms with Crippen LogP contribution in [0.5, 0.6) is 0 Å². The summed E-state index contributed by atoms with van der Waals surface area (Å²) in [5, 5.41) is 0. The van der Waals surface area contributed by atoms with Crippen LogP contribution < -0.4 is 0 Å². The molecule has 0 aliphatic heterocycles. The number of alkyl halides is 2. The Labute approximate surface area is 203 Å². The molecular weight excluding hydrogens is 436 g/mol. The van der Waals surface area contributed by atoms with E-state index < -0.39 is 23.5 Å². The van der Waals surface area contributed by atoms with Crippen molar-refractivity contribution in [3.05, 3.63) is 47.5 Å². The molecule has 2 atom stereocenters. The summed E-state index contributed by atoms with van der Waals surface area (Å²) in [6, 6.07) is 3.47. The van der Waals surface area contributed by atoms with Crippen molar-refractivity contribution in [3.63, 3.8) is 0 Å². The average molecular weight is 479 g/mol. The first-order chi connectivity index (χ1) is 16.3. The normalized spacial score (nSPS) is 34.0. The molecule has 0 aromatic heterocycles. The van der Waals surface area contributed by atoms with Gasteiger partial charge in [-0.05, 0) is 118 Å². The van der Waals surface area contributed by atoms with Crippen LogP contribution >= 0.6 is 0 Å². The molecule has 3 fully saturated rings. The highest BCUT2D eigenvalue weighted by molar-refractivity contribution is 5.29. The van der Waals surface area contributed by atoms with Gasteiger partial charge in [-0.15, -0.1) is 6.58 Å². The van der Waals surface area contributed by atoms with E-state index in [1.165, 1.54) is 0 Å². The van der Waals surface area contributed by atoms with Gasteiger partial charge >= 0.3 is 0 Å². The Hall–Kier alpha value is -1.32. The molecule has 0 amide bonds. The van der Waals surface area contributed by atoms with Crippen molar-refractivity contribution in [1.29, 1.82) is 0 Å². The van der Waals surface area contributed by atoms with E-state index >= 15 is 8.78 Å². The summed E-state index contributed by atoms with van der Waals surface area (Å²) in [4.78, 5) is 0. The first-order valence-corrected chi connectivity index (χ1v) is 13.8. The molecule has 0 bridgehead atoms. The lowest BCUT2D eigenvalue weighted by atomic mass is 9.63. The zero-order valence-corrected chi connectivity index (χ0v) is 20.8. The molecule has 34 heavy (non-hydrogen) atoms. The van der Waals surface area contributed by atoms with Crippen LogP contribution in [0.25, 0.3) is 0 Å². The Morgan fingerprint density at radius 3 is 2.12 bits per heavy atom. The van der Waals surface area contributed by atoms with Crippen molar-refractivity contribution in [2.45, 2.75) is 109 Å². The second kappa shape index (κ2) is 11.2. The van der Waals surface area contributed by atoms with Gasteiger partial charge in [0, 0.05) is 12.3 Å². The van der Waals surface area contributed by atoms with Crippen LogP contribution in [0.2, 0.25) is 0 Å². The van der Waals surface area contributed by atoms with E-state index in [0.29, 0.717) is 61.5 Å². The van der Waals surface area contributed by atoms with Crippen LogP contribution in [-0.4, -0.2) is 5.92 Å². The molecule has 0 heterocycles. The number of benzene rings is 1. The molecular formula is C30H42F4. The second-order valence-electron chi connectivity index (χ2n) is 11.5. The smallest absolute Gasteiger partial charge is 0.207 e. The number of allylic oxidation sites excluding steroid dienone is 1. The van der Waals surface area contributed by atoms with Gasteiger partial charge in [0.1, 0.15) is 0 Å². The monoisotopic (exact) mass is 478 g/mol. The second-order valence-corrected chi connectivity index (χ2v) is 11.5. The lowest BCUT2D eigenvalue weighted by molar-refractivity contribution is -0.135. The van der Waals surface area contributed by atoms with E-state index in [9.17, 15) is 8.78 Å². The quantitative estimate of drug-likeness (QED) is 0.270. The summed E-state index contributed by atoms with van der Waals surface area (Å²) in [7, 11) is 0. The SMILES string of the molecule is C=CC1CCC(C2CCC(C3CCC(c4ccc(CCCC)c(F)c4F)CC3)C(F)(F)C2)CC1. The number of halogens is 4. The van der Waals surface area contributed by atoms with Crippen molar-refractivity contribution < 1.29 is 17.6 Å². The molecule has 0 radical (unpaired) electrons. The Morgan fingerprint density at radius 1 is 0.853 bits per heavy atom. The molecule has 1 aromatic carbocycles. The molecule has 4 rings (SSSR count). The summed E-state index contributed by atoms with van der Waals surface area (Å²) in [5.74, 6) is -3.48. The van der Waals surface area contributed by atoms with Gasteiger partial charge in [0.2, 0.25) is 0 Å². The first kappa shape index (κ1) is 25.8. The first-order valence-electron chi connectivity index (χ1n) is 13.8. The van der Waals surface area contributed by atoms with E-state index in [0.717, 1.165) is 44.9 Å². The lowest BCUT2D eigenvalue weighted by Crippen LogP contribution is -2.43. The molecule has 190 valence electrons. The maximum absolute atomic E-state index is 15.4. The summed E-state index contributed by atoms with van der Waals surface area (Å²) in [6.07, 6.45) is 13.0. The van der Waals surface area contributed by atoms with Crippen LogP contribution in [0.1, 0.15) is 107 Å². The molecule has 0 nitrogen and oxygen atoms in total. The van der Waals surface area contributed by atoms with E-state index in [-0.39, 0.29) is 24.2 Å². The molecule has 0 spiro atoms. The maximum Gasteiger partial charge on any atom is 0.251 e. The van der Waals surface area contributed by atoms with Gasteiger partial charge < -0.3 is 0 Å². The fraction of sp³-hybridized carbons (Fsp3) is 0.733. The van der Waals surface area contributed by atoms with Gasteiger partial charge in [0.15, 0.2) is 11.6 Å². The standard InChI is InChI=1S/C30H42F4/c1-3-5-6-24-15-17-26(29(32)28(24)31)22-11-13-23(14-12-22)27-18-16-25(19-30(27,33)34)21-9-7-20(4-2)8-10-21/h4,15,17,20-23,25,27H,2-3,5-14,16,18-19H2,1H3. The van der Waals surface area contributed by atoms with E-state index in [2.05, 4.69) is 6.58 Å². The summed E-state index contributed by atoms with van der Waals surface area (Å²) in [6.45, 7) is 5.93. The van der Waals surface area contributed by atoms with Crippen LogP contribution in [0.4, 0.5) is 17.6 Å². The van der Waals surface area contributed by atoms with E-state index in [1.54, 1.807) is 12.1 Å². The zero-order valence-electron chi connectivity index (χ0n) is 20.8. The van der Waals surface area contributed by atoms with Crippen LogP contribution in [-0.2, 0) is 6.42 Å². The minimum atomic E-state index is -2.60. The van der Waals surface area contributed by atoms with E-state index in [4.69, 9.17) is 0 Å². The van der Waals surface area contributed by atoms with Crippen molar-refractivity contribution in [2.24, 2.45) is 29.6 Å². The molecule has 1 aromatic rings. The minimum absolute atomic E-state index is 0.000405. The van der Waals surface area contributed by atoms with Gasteiger partial charge in [0.05, 0.1) is 0 Å². The van der Waals surface area contributed by atoms with Gasteiger partial charge in [-0.25, -0.2) is 17.6 Å². The van der Waals surface area contributed by atoms with Gasteiger partial charge in [0.25, 0.3) is 5.92 Å². The highest BCUT2D eigenvalue weighted by atomic mass is 19.3. The molecule has 3 aliphatic carbocycles. The van der Waals surface area contributed by atoms with Crippen molar-refractivity contribution >= 4 is 0 Å². The Morgan fingerprint density at radius 2 is 1.50 bits per heavy atom. The van der Waals surface area contributed by atoms with Crippen LogP contribution in [0.15, 0.2) is 24.8 Å². The highest BCUT2D eigenvalue weighted by Crippen LogP contribution is 2.53. The Balaban J connectivity index is 1.33. The third-order valence-corrected chi connectivity index (χ3v) is 9.51. The predicted octanol–water partition coefficient (Wildman–Crippen LogP) is 9.63. The van der Waals surface area contributed by atoms with Crippen molar-refractivity contribution in [3.8, 4) is 0 Å². The average Bonchev–Trinajstić information content (AvgIpc) is 2.85. The van der Waals surface area contributed by atoms with E-state index in [1.807, 2.05) is 13.0 Å². The molecule has 2 unspecified atom stereocenters. The predicted molar refractivity (Wildman–Crippen MR) is 131 cm³/mol. The topological polar surface area (TPSA) is 0 Å². The summed E-state index contributed by atoms with van der Waals surface area (Å²) < 4.78 is 60.1. The Kier molecular flexibility index (Phi) is 8.46. The molecule has 0 N–H and O–H groups in total. The highest BCUT2D eigenvalue weighted by Gasteiger charge is 2.50. The lowest BCUT2D eigenvalue weighted by Gasteiger charge is -2.45. The van der Waals surface area contributed by atoms with Gasteiger partial charge in [-0.2, -0.15) is 0 Å². The molecule has 3 saturated carbocycles. The fourth-order valence-electron chi connectivity index (χ4n) is 7.36. The van der Waals surface area contributed by atoms with Crippen molar-refractivity contribution in [2.75, 3.05) is 0 Å². The van der Waals surface area contributed by atoms with Gasteiger partial charge in [-0.1, -0.05) is 31.6 Å². The molecule has 4 heteroatoms. The van der Waals surface area contributed by atoms with Crippen LogP contribution in [0.3, 0.4) is 0 Å². The number of unbranched alkanes of at least 4 members (excludes halogenated alkanes) is 1. The molecule has 0 saturated heterocycles. The largest absolute Gasteiger partial charge is 0.251 e. The number of hydrogen-bond donors (Lipinski definition) is 0. The summed E-state index contributed by atoms with van der Waals surface area (Å²) >= 11 is 0. The van der Waals surface area contributed by atoms with Crippen LogP contribution in [0, 0.1) is 41.2 Å². The number of aryl methyl sites for hydroxylation is 1. The third kappa shape index (κ3) is 5.57. The number of rotatable bonds is 7. The fourth-order valence-corrected chi connectivity index (χ4v) is 7.36. The summed E-state index contributed by atoms with van der Waals surface area (Å²) in [5.41, 5.74) is 0.896.